The van der Waals surface area contributed by atoms with E-state index in [2.05, 4.69) is 6.92 Å². The Morgan fingerprint density at radius 2 is 2.46 bits per heavy atom. The Morgan fingerprint density at radius 1 is 1.62 bits per heavy atom. The van der Waals surface area contributed by atoms with Crippen molar-refractivity contribution in [2.24, 2.45) is 5.73 Å². The normalized spacial score (nSPS) is 13.1. The van der Waals surface area contributed by atoms with Crippen molar-refractivity contribution in [1.29, 1.82) is 0 Å². The van der Waals surface area contributed by atoms with Gasteiger partial charge < -0.3 is 14.9 Å². The molecule has 1 unspecified atom stereocenters. The molecule has 0 aliphatic rings. The average molecular weight is 183 g/mol. The fourth-order valence-corrected chi connectivity index (χ4v) is 1.19. The number of nitrogens with two attached hydrogens (primary N) is 1. The topological polar surface area (TPSA) is 48.4 Å². The molecule has 74 valence electrons. The third-order valence-corrected chi connectivity index (χ3v) is 1.99. The second kappa shape index (κ2) is 5.78. The van der Waals surface area contributed by atoms with Crippen LogP contribution in [-0.2, 0) is 11.3 Å². The minimum absolute atomic E-state index is 0.259. The van der Waals surface area contributed by atoms with Gasteiger partial charge in [0.15, 0.2) is 0 Å². The van der Waals surface area contributed by atoms with Gasteiger partial charge in [-0.1, -0.05) is 6.92 Å². The summed E-state index contributed by atoms with van der Waals surface area (Å²) in [6, 6.07) is 3.78. The zero-order valence-electron chi connectivity index (χ0n) is 8.03. The minimum atomic E-state index is 0.259. The summed E-state index contributed by atoms with van der Waals surface area (Å²) in [5, 5.41) is 0. The second-order valence-electron chi connectivity index (χ2n) is 3.00. The molecule has 2 N–H and O–H groups in total. The van der Waals surface area contributed by atoms with Crippen LogP contribution < -0.4 is 5.73 Å². The van der Waals surface area contributed by atoms with Gasteiger partial charge in [0.25, 0.3) is 0 Å². The molecule has 0 bridgehead atoms. The van der Waals surface area contributed by atoms with E-state index >= 15 is 0 Å². The SMILES string of the molecule is CCC(CCN)OCc1ccco1. The maximum Gasteiger partial charge on any atom is 0.129 e. The van der Waals surface area contributed by atoms with Crippen LogP contribution in [-0.4, -0.2) is 12.6 Å². The second-order valence-corrected chi connectivity index (χ2v) is 3.00. The van der Waals surface area contributed by atoms with Crippen LogP contribution in [0.5, 0.6) is 0 Å². The maximum atomic E-state index is 5.60. The molecular weight excluding hydrogens is 166 g/mol. The van der Waals surface area contributed by atoms with E-state index in [0.29, 0.717) is 13.2 Å². The van der Waals surface area contributed by atoms with Crippen molar-refractivity contribution in [3.8, 4) is 0 Å². The van der Waals surface area contributed by atoms with Crippen LogP contribution in [0.15, 0.2) is 22.8 Å². The molecule has 0 fully saturated rings. The lowest BCUT2D eigenvalue weighted by molar-refractivity contribution is 0.0250. The quantitative estimate of drug-likeness (QED) is 0.733. The van der Waals surface area contributed by atoms with Gasteiger partial charge in [-0.3, -0.25) is 0 Å². The molecule has 3 nitrogen and oxygen atoms in total. The molecule has 1 aromatic heterocycles. The van der Waals surface area contributed by atoms with E-state index in [9.17, 15) is 0 Å². The first-order valence-electron chi connectivity index (χ1n) is 4.70. The maximum absolute atomic E-state index is 5.60. The van der Waals surface area contributed by atoms with E-state index in [-0.39, 0.29) is 6.10 Å². The third-order valence-electron chi connectivity index (χ3n) is 1.99. The van der Waals surface area contributed by atoms with Gasteiger partial charge in [-0.15, -0.1) is 0 Å². The Hall–Kier alpha value is -0.800. The highest BCUT2D eigenvalue weighted by Gasteiger charge is 2.05. The highest BCUT2D eigenvalue weighted by Crippen LogP contribution is 2.08. The molecule has 0 saturated carbocycles. The van der Waals surface area contributed by atoms with Gasteiger partial charge in [0.2, 0.25) is 0 Å². The monoisotopic (exact) mass is 183 g/mol. The Bertz CT molecular complexity index is 209. The van der Waals surface area contributed by atoms with Gasteiger partial charge in [-0.2, -0.15) is 0 Å². The average Bonchev–Trinajstić information content (AvgIpc) is 2.64. The van der Waals surface area contributed by atoms with Crippen molar-refractivity contribution >= 4 is 0 Å². The summed E-state index contributed by atoms with van der Waals surface area (Å²) in [7, 11) is 0. The zero-order valence-corrected chi connectivity index (χ0v) is 8.03. The summed E-state index contributed by atoms with van der Waals surface area (Å²) < 4.78 is 10.8. The smallest absolute Gasteiger partial charge is 0.129 e. The van der Waals surface area contributed by atoms with Gasteiger partial charge >= 0.3 is 0 Å². The molecule has 0 saturated heterocycles. The van der Waals surface area contributed by atoms with Crippen LogP contribution in [0.3, 0.4) is 0 Å². The molecule has 1 rings (SSSR count). The number of furan rings is 1. The number of hydrogen-bond acceptors (Lipinski definition) is 3. The molecule has 1 heterocycles. The van der Waals surface area contributed by atoms with Crippen molar-refractivity contribution in [3.63, 3.8) is 0 Å². The third kappa shape index (κ3) is 3.61. The van der Waals surface area contributed by atoms with Crippen LogP contribution >= 0.6 is 0 Å². The van der Waals surface area contributed by atoms with Crippen LogP contribution in [0.4, 0.5) is 0 Å². The van der Waals surface area contributed by atoms with E-state index in [1.54, 1.807) is 6.26 Å². The number of ether oxygens (including phenoxy) is 1. The summed E-state index contributed by atoms with van der Waals surface area (Å²) in [6.45, 7) is 3.32. The lowest BCUT2D eigenvalue weighted by Crippen LogP contribution is -2.16. The van der Waals surface area contributed by atoms with Crippen LogP contribution in [0, 0.1) is 0 Å². The van der Waals surface area contributed by atoms with E-state index in [0.717, 1.165) is 18.6 Å². The highest BCUT2D eigenvalue weighted by atomic mass is 16.5. The van der Waals surface area contributed by atoms with Gasteiger partial charge in [0, 0.05) is 0 Å². The Labute approximate surface area is 78.9 Å². The van der Waals surface area contributed by atoms with E-state index < -0.39 is 0 Å². The summed E-state index contributed by atoms with van der Waals surface area (Å²) in [5.41, 5.74) is 5.45. The molecule has 0 aliphatic heterocycles. The Kier molecular flexibility index (Phi) is 4.57. The van der Waals surface area contributed by atoms with Gasteiger partial charge in [-0.05, 0) is 31.5 Å². The van der Waals surface area contributed by atoms with Crippen molar-refractivity contribution in [1.82, 2.24) is 0 Å². The predicted molar refractivity (Wildman–Crippen MR) is 51.2 cm³/mol. The fourth-order valence-electron chi connectivity index (χ4n) is 1.19. The van der Waals surface area contributed by atoms with Gasteiger partial charge in [0.1, 0.15) is 12.4 Å². The Balaban J connectivity index is 2.23. The van der Waals surface area contributed by atoms with Crippen molar-refractivity contribution in [3.05, 3.63) is 24.2 Å². The molecule has 1 aromatic rings. The van der Waals surface area contributed by atoms with Crippen molar-refractivity contribution in [2.75, 3.05) is 6.54 Å². The summed E-state index contributed by atoms with van der Waals surface area (Å²) in [5.74, 6) is 0.871. The van der Waals surface area contributed by atoms with Crippen LogP contribution in [0.1, 0.15) is 25.5 Å². The summed E-state index contributed by atoms with van der Waals surface area (Å²) in [6.07, 6.45) is 3.83. The summed E-state index contributed by atoms with van der Waals surface area (Å²) >= 11 is 0. The van der Waals surface area contributed by atoms with Gasteiger partial charge in [0.05, 0.1) is 12.4 Å². The predicted octanol–water partition coefficient (Wildman–Crippen LogP) is 1.92. The molecule has 13 heavy (non-hydrogen) atoms. The van der Waals surface area contributed by atoms with Crippen LogP contribution in [0.25, 0.3) is 0 Å². The largest absolute Gasteiger partial charge is 0.467 e. The number of rotatable bonds is 6. The van der Waals surface area contributed by atoms with Crippen molar-refractivity contribution < 1.29 is 9.15 Å². The standard InChI is InChI=1S/C10H17NO2/c1-2-9(5-6-11)13-8-10-4-3-7-12-10/h3-4,7,9H,2,5-6,8,11H2,1H3. The molecule has 0 aromatic carbocycles. The highest BCUT2D eigenvalue weighted by molar-refractivity contribution is 4.96. The molecule has 0 spiro atoms. The lowest BCUT2D eigenvalue weighted by atomic mass is 10.2. The first-order chi connectivity index (χ1) is 6.36. The van der Waals surface area contributed by atoms with E-state index in [1.807, 2.05) is 12.1 Å². The van der Waals surface area contributed by atoms with Gasteiger partial charge in [-0.25, -0.2) is 0 Å². The van der Waals surface area contributed by atoms with Crippen LogP contribution in [0.2, 0.25) is 0 Å². The van der Waals surface area contributed by atoms with Crippen molar-refractivity contribution in [2.45, 2.75) is 32.5 Å². The molecule has 0 aliphatic carbocycles. The zero-order chi connectivity index (χ0) is 9.52. The lowest BCUT2D eigenvalue weighted by Gasteiger charge is -2.13. The first-order valence-corrected chi connectivity index (χ1v) is 4.70. The van der Waals surface area contributed by atoms with E-state index in [1.165, 1.54) is 0 Å². The summed E-state index contributed by atoms with van der Waals surface area (Å²) in [4.78, 5) is 0. The Morgan fingerprint density at radius 3 is 3.00 bits per heavy atom. The molecule has 0 amide bonds. The van der Waals surface area contributed by atoms with E-state index in [4.69, 9.17) is 14.9 Å². The molecular formula is C10H17NO2. The minimum Gasteiger partial charge on any atom is -0.467 e. The molecule has 3 heteroatoms. The molecule has 1 atom stereocenters. The molecule has 0 radical (unpaired) electrons. The first kappa shape index (κ1) is 10.3. The number of hydrogen-bond donors (Lipinski definition) is 1. The fraction of sp³-hybridized carbons (Fsp3) is 0.600.